The Hall–Kier alpha value is -0.970. The minimum atomic E-state index is 0.0902. The number of nitrogens with zero attached hydrogens (tertiary/aromatic N) is 2. The second-order valence-electron chi connectivity index (χ2n) is 4.08. The molecule has 90 valence electrons. The highest BCUT2D eigenvalue weighted by Crippen LogP contribution is 1.99. The zero-order chi connectivity index (χ0) is 11.8. The van der Waals surface area contributed by atoms with Gasteiger partial charge in [0.05, 0.1) is 6.61 Å². The second-order valence-corrected chi connectivity index (χ2v) is 4.08. The molecule has 0 aliphatic heterocycles. The van der Waals surface area contributed by atoms with Crippen LogP contribution >= 0.6 is 0 Å². The maximum absolute atomic E-state index is 5.88. The summed E-state index contributed by atoms with van der Waals surface area (Å²) in [4.78, 5) is 6.22. The molecule has 0 spiro atoms. The van der Waals surface area contributed by atoms with Gasteiger partial charge in [0.15, 0.2) is 0 Å². The molecule has 0 fully saturated rings. The minimum absolute atomic E-state index is 0.0902. The first-order chi connectivity index (χ1) is 7.72. The summed E-state index contributed by atoms with van der Waals surface area (Å²) in [6.45, 7) is 2.47. The Bertz CT molecular complexity index is 279. The van der Waals surface area contributed by atoms with E-state index in [1.165, 1.54) is 5.56 Å². The van der Waals surface area contributed by atoms with Crippen molar-refractivity contribution in [1.82, 2.24) is 9.88 Å². The van der Waals surface area contributed by atoms with Crippen LogP contribution in [-0.2, 0) is 11.2 Å². The van der Waals surface area contributed by atoms with Crippen molar-refractivity contribution in [1.29, 1.82) is 0 Å². The van der Waals surface area contributed by atoms with Gasteiger partial charge in [-0.05, 0) is 31.2 Å². The molecule has 0 bridgehead atoms. The third-order valence-electron chi connectivity index (χ3n) is 2.46. The van der Waals surface area contributed by atoms with Crippen LogP contribution in [0.15, 0.2) is 24.5 Å². The molecule has 4 nitrogen and oxygen atoms in total. The lowest BCUT2D eigenvalue weighted by atomic mass is 10.2. The lowest BCUT2D eigenvalue weighted by molar-refractivity contribution is 0.161. The summed E-state index contributed by atoms with van der Waals surface area (Å²) in [5, 5.41) is 0. The maximum atomic E-state index is 5.88. The first kappa shape index (κ1) is 13.1. The Labute approximate surface area is 97.4 Å². The van der Waals surface area contributed by atoms with Gasteiger partial charge in [-0.3, -0.25) is 4.98 Å². The number of methoxy groups -OCH3 is 1. The van der Waals surface area contributed by atoms with Crippen LogP contribution < -0.4 is 5.73 Å². The van der Waals surface area contributed by atoms with Crippen LogP contribution in [0.1, 0.15) is 5.56 Å². The van der Waals surface area contributed by atoms with Gasteiger partial charge in [0.25, 0.3) is 0 Å². The predicted octanol–water partition coefficient (Wildman–Crippen LogP) is 0.530. The van der Waals surface area contributed by atoms with E-state index in [0.717, 1.165) is 19.5 Å². The summed E-state index contributed by atoms with van der Waals surface area (Å²) in [6, 6.07) is 4.18. The highest BCUT2D eigenvalue weighted by atomic mass is 16.5. The molecular formula is C12H21N3O. The van der Waals surface area contributed by atoms with Gasteiger partial charge in [-0.1, -0.05) is 0 Å². The molecule has 1 rings (SSSR count). The van der Waals surface area contributed by atoms with E-state index >= 15 is 0 Å². The van der Waals surface area contributed by atoms with E-state index in [2.05, 4.69) is 16.9 Å². The number of pyridine rings is 1. The van der Waals surface area contributed by atoms with E-state index in [9.17, 15) is 0 Å². The van der Waals surface area contributed by atoms with E-state index in [0.29, 0.717) is 6.61 Å². The summed E-state index contributed by atoms with van der Waals surface area (Å²) in [5.41, 5.74) is 7.18. The van der Waals surface area contributed by atoms with Gasteiger partial charge in [-0.25, -0.2) is 0 Å². The van der Waals surface area contributed by atoms with Gasteiger partial charge in [-0.15, -0.1) is 0 Å². The summed E-state index contributed by atoms with van der Waals surface area (Å²) in [5.74, 6) is 0. The molecule has 0 saturated carbocycles. The fourth-order valence-electron chi connectivity index (χ4n) is 1.63. The zero-order valence-electron chi connectivity index (χ0n) is 10.1. The van der Waals surface area contributed by atoms with E-state index in [4.69, 9.17) is 10.5 Å². The van der Waals surface area contributed by atoms with E-state index in [1.54, 1.807) is 7.11 Å². The molecule has 16 heavy (non-hydrogen) atoms. The monoisotopic (exact) mass is 223 g/mol. The molecule has 4 heteroatoms. The zero-order valence-corrected chi connectivity index (χ0v) is 10.1. The van der Waals surface area contributed by atoms with Crippen LogP contribution in [0.4, 0.5) is 0 Å². The average Bonchev–Trinajstić information content (AvgIpc) is 2.28. The van der Waals surface area contributed by atoms with Crippen LogP contribution in [-0.4, -0.2) is 49.8 Å². The van der Waals surface area contributed by atoms with Crippen molar-refractivity contribution >= 4 is 0 Å². The van der Waals surface area contributed by atoms with Crippen LogP contribution in [0.5, 0.6) is 0 Å². The number of nitrogens with two attached hydrogens (primary N) is 1. The summed E-state index contributed by atoms with van der Waals surface area (Å²) >= 11 is 0. The van der Waals surface area contributed by atoms with Crippen molar-refractivity contribution in [2.45, 2.75) is 12.5 Å². The van der Waals surface area contributed by atoms with Crippen LogP contribution in [0.2, 0.25) is 0 Å². The Morgan fingerprint density at radius 3 is 2.75 bits per heavy atom. The van der Waals surface area contributed by atoms with Crippen molar-refractivity contribution in [3.05, 3.63) is 30.1 Å². The SMILES string of the molecule is COCC(N)CN(C)CCc1ccncc1. The van der Waals surface area contributed by atoms with Gasteiger partial charge >= 0.3 is 0 Å². The van der Waals surface area contributed by atoms with Gasteiger partial charge in [0.1, 0.15) is 0 Å². The third-order valence-corrected chi connectivity index (χ3v) is 2.46. The Morgan fingerprint density at radius 1 is 1.44 bits per heavy atom. The van der Waals surface area contributed by atoms with Crippen LogP contribution in [0.3, 0.4) is 0 Å². The molecule has 0 radical (unpaired) electrons. The van der Waals surface area contributed by atoms with E-state index in [1.807, 2.05) is 24.5 Å². The molecule has 1 aromatic heterocycles. The molecular weight excluding hydrogens is 202 g/mol. The number of hydrogen-bond acceptors (Lipinski definition) is 4. The smallest absolute Gasteiger partial charge is 0.0626 e. The van der Waals surface area contributed by atoms with Crippen LogP contribution in [0, 0.1) is 0 Å². The van der Waals surface area contributed by atoms with Crippen molar-refractivity contribution in [3.63, 3.8) is 0 Å². The first-order valence-corrected chi connectivity index (χ1v) is 5.54. The van der Waals surface area contributed by atoms with Crippen molar-refractivity contribution in [3.8, 4) is 0 Å². The first-order valence-electron chi connectivity index (χ1n) is 5.54. The predicted molar refractivity (Wildman–Crippen MR) is 65.3 cm³/mol. The summed E-state index contributed by atoms with van der Waals surface area (Å²) in [6.07, 6.45) is 4.68. The third kappa shape index (κ3) is 5.21. The highest BCUT2D eigenvalue weighted by Gasteiger charge is 2.06. The Morgan fingerprint density at radius 2 is 2.12 bits per heavy atom. The molecule has 1 atom stereocenters. The van der Waals surface area contributed by atoms with Crippen molar-refractivity contribution < 1.29 is 4.74 Å². The lowest BCUT2D eigenvalue weighted by Crippen LogP contribution is -2.39. The molecule has 0 aliphatic carbocycles. The molecule has 0 saturated heterocycles. The van der Waals surface area contributed by atoms with Gasteiger partial charge in [0.2, 0.25) is 0 Å². The molecule has 2 N–H and O–H groups in total. The van der Waals surface area contributed by atoms with E-state index < -0.39 is 0 Å². The largest absolute Gasteiger partial charge is 0.383 e. The number of aromatic nitrogens is 1. The Kier molecular flexibility index (Phi) is 6.00. The van der Waals surface area contributed by atoms with Crippen LogP contribution in [0.25, 0.3) is 0 Å². The summed E-state index contributed by atoms with van der Waals surface area (Å²) in [7, 11) is 3.76. The normalized spacial score (nSPS) is 13.0. The second kappa shape index (κ2) is 7.33. The van der Waals surface area contributed by atoms with E-state index in [-0.39, 0.29) is 6.04 Å². The number of hydrogen-bond donors (Lipinski definition) is 1. The Balaban J connectivity index is 2.22. The fraction of sp³-hybridized carbons (Fsp3) is 0.583. The van der Waals surface area contributed by atoms with Gasteiger partial charge < -0.3 is 15.4 Å². The molecule has 0 aliphatic rings. The fourth-order valence-corrected chi connectivity index (χ4v) is 1.63. The lowest BCUT2D eigenvalue weighted by Gasteiger charge is -2.20. The van der Waals surface area contributed by atoms with Gasteiger partial charge in [0, 0.05) is 38.6 Å². The molecule has 1 unspecified atom stereocenters. The van der Waals surface area contributed by atoms with Crippen molar-refractivity contribution in [2.24, 2.45) is 5.73 Å². The number of ether oxygens (including phenoxy) is 1. The van der Waals surface area contributed by atoms with Crippen molar-refractivity contribution in [2.75, 3.05) is 33.9 Å². The van der Waals surface area contributed by atoms with Gasteiger partial charge in [-0.2, -0.15) is 0 Å². The minimum Gasteiger partial charge on any atom is -0.383 e. The topological polar surface area (TPSA) is 51.4 Å². The number of rotatable bonds is 7. The highest BCUT2D eigenvalue weighted by molar-refractivity contribution is 5.09. The maximum Gasteiger partial charge on any atom is 0.0626 e. The molecule has 1 aromatic rings. The quantitative estimate of drug-likeness (QED) is 0.732. The molecule has 1 heterocycles. The number of likely N-dealkylation sites (N-methyl/N-ethyl adjacent to an activating group) is 1. The summed E-state index contributed by atoms with van der Waals surface area (Å²) < 4.78 is 5.01. The standard InChI is InChI=1S/C12H21N3O/c1-15(9-12(13)10-16-2)8-5-11-3-6-14-7-4-11/h3-4,6-7,12H,5,8-10,13H2,1-2H3. The molecule has 0 aromatic carbocycles. The average molecular weight is 223 g/mol. The molecule has 0 amide bonds.